The molecule has 1 aliphatic rings. The number of nitrogens with two attached hydrogens (primary N) is 1. The van der Waals surface area contributed by atoms with Gasteiger partial charge in [-0.25, -0.2) is 8.42 Å². The van der Waals surface area contributed by atoms with Gasteiger partial charge in [-0.05, 0) is 13.0 Å². The highest BCUT2D eigenvalue weighted by molar-refractivity contribution is 7.89. The highest BCUT2D eigenvalue weighted by Crippen LogP contribution is 2.16. The molecule has 0 atom stereocenters. The summed E-state index contributed by atoms with van der Waals surface area (Å²) in [7, 11) is -3.50. The smallest absolute Gasteiger partial charge is 0.246 e. The molecule has 0 radical (unpaired) electrons. The van der Waals surface area contributed by atoms with E-state index >= 15 is 0 Å². The van der Waals surface area contributed by atoms with Crippen LogP contribution in [-0.4, -0.2) is 66.5 Å². The quantitative estimate of drug-likeness (QED) is 0.706. The van der Waals surface area contributed by atoms with Crippen LogP contribution in [0.4, 0.5) is 0 Å². The van der Waals surface area contributed by atoms with Crippen molar-refractivity contribution >= 4 is 15.9 Å². The summed E-state index contributed by atoms with van der Waals surface area (Å²) in [5.74, 6) is -0.397. The van der Waals surface area contributed by atoms with Gasteiger partial charge in [0.1, 0.15) is 4.90 Å². The fourth-order valence-corrected chi connectivity index (χ4v) is 3.47. The molecule has 106 valence electrons. The van der Waals surface area contributed by atoms with Crippen molar-refractivity contribution in [2.24, 2.45) is 5.73 Å². The van der Waals surface area contributed by atoms with Gasteiger partial charge in [0.05, 0.1) is 12.7 Å². The van der Waals surface area contributed by atoms with E-state index in [1.54, 1.807) is 0 Å². The van der Waals surface area contributed by atoms with E-state index in [-0.39, 0.29) is 11.4 Å². The third-order valence-electron chi connectivity index (χ3n) is 3.04. The van der Waals surface area contributed by atoms with Crippen LogP contribution in [0.1, 0.15) is 6.42 Å². The Balaban J connectivity index is 2.05. The fourth-order valence-electron chi connectivity index (χ4n) is 2.10. The van der Waals surface area contributed by atoms with E-state index in [4.69, 9.17) is 5.73 Å². The zero-order valence-corrected chi connectivity index (χ0v) is 11.3. The fraction of sp³-hybridized carbons (Fsp3) is 0.600. The summed E-state index contributed by atoms with van der Waals surface area (Å²) in [6.45, 7) is 2.11. The van der Waals surface area contributed by atoms with Gasteiger partial charge in [0, 0.05) is 25.8 Å². The van der Waals surface area contributed by atoms with Crippen LogP contribution < -0.4 is 5.73 Å². The molecule has 0 bridgehead atoms. The molecule has 3 N–H and O–H groups in total. The molecular weight excluding hydrogens is 270 g/mol. The van der Waals surface area contributed by atoms with Crippen molar-refractivity contribution < 1.29 is 13.2 Å². The van der Waals surface area contributed by atoms with E-state index in [9.17, 15) is 13.2 Å². The van der Waals surface area contributed by atoms with E-state index in [1.807, 2.05) is 4.90 Å². The molecule has 8 nitrogen and oxygen atoms in total. The summed E-state index contributed by atoms with van der Waals surface area (Å²) >= 11 is 0. The minimum Gasteiger partial charge on any atom is -0.369 e. The van der Waals surface area contributed by atoms with Crippen molar-refractivity contribution in [3.8, 4) is 0 Å². The highest BCUT2D eigenvalue weighted by Gasteiger charge is 2.27. The first-order valence-corrected chi connectivity index (χ1v) is 7.44. The predicted octanol–water partition coefficient (Wildman–Crippen LogP) is -1.41. The lowest BCUT2D eigenvalue weighted by molar-refractivity contribution is -0.119. The monoisotopic (exact) mass is 287 g/mol. The topological polar surface area (TPSA) is 112 Å². The second kappa shape index (κ2) is 5.68. The summed E-state index contributed by atoms with van der Waals surface area (Å²) < 4.78 is 26.0. The molecule has 9 heteroatoms. The van der Waals surface area contributed by atoms with Crippen molar-refractivity contribution in [3.05, 3.63) is 12.4 Å². The number of primary amides is 1. The largest absolute Gasteiger partial charge is 0.369 e. The highest BCUT2D eigenvalue weighted by atomic mass is 32.2. The van der Waals surface area contributed by atoms with Crippen LogP contribution in [0.15, 0.2) is 17.3 Å². The van der Waals surface area contributed by atoms with Gasteiger partial charge >= 0.3 is 0 Å². The maximum Gasteiger partial charge on any atom is 0.246 e. The molecule has 2 heterocycles. The van der Waals surface area contributed by atoms with E-state index in [1.165, 1.54) is 16.7 Å². The van der Waals surface area contributed by atoms with E-state index in [2.05, 4.69) is 10.2 Å². The van der Waals surface area contributed by atoms with Crippen LogP contribution in [0.5, 0.6) is 0 Å². The second-order valence-corrected chi connectivity index (χ2v) is 6.37. The molecule has 0 spiro atoms. The average Bonchev–Trinajstić information content (AvgIpc) is 2.77. The summed E-state index contributed by atoms with van der Waals surface area (Å²) in [6, 6.07) is 0. The van der Waals surface area contributed by atoms with Gasteiger partial charge < -0.3 is 5.73 Å². The lowest BCUT2D eigenvalue weighted by Gasteiger charge is -2.20. The van der Waals surface area contributed by atoms with Crippen molar-refractivity contribution in [1.29, 1.82) is 0 Å². The number of amides is 1. The molecule has 1 aliphatic heterocycles. The van der Waals surface area contributed by atoms with Crippen LogP contribution in [0.2, 0.25) is 0 Å². The van der Waals surface area contributed by atoms with Gasteiger partial charge in [-0.15, -0.1) is 0 Å². The van der Waals surface area contributed by atoms with Crippen molar-refractivity contribution in [3.63, 3.8) is 0 Å². The first kappa shape index (κ1) is 14.0. The van der Waals surface area contributed by atoms with Gasteiger partial charge in [-0.3, -0.25) is 14.8 Å². The Morgan fingerprint density at radius 3 is 2.79 bits per heavy atom. The Bertz CT molecular complexity index is 527. The summed E-state index contributed by atoms with van der Waals surface area (Å²) in [5.41, 5.74) is 5.15. The number of carbonyl (C=O) groups is 1. The average molecular weight is 287 g/mol. The molecule has 2 rings (SSSR count). The Hall–Kier alpha value is -1.45. The number of sulfonamides is 1. The summed E-state index contributed by atoms with van der Waals surface area (Å²) in [6.07, 6.45) is 3.33. The molecule has 1 fully saturated rings. The number of hydrogen-bond donors (Lipinski definition) is 2. The van der Waals surface area contributed by atoms with Gasteiger partial charge in [0.2, 0.25) is 15.9 Å². The van der Waals surface area contributed by atoms with Crippen LogP contribution in [0.25, 0.3) is 0 Å². The Labute approximate surface area is 111 Å². The lowest BCUT2D eigenvalue weighted by Crippen LogP contribution is -2.38. The first-order valence-electron chi connectivity index (χ1n) is 6.00. The summed E-state index contributed by atoms with van der Waals surface area (Å²) in [5, 5.41) is 6.16. The third kappa shape index (κ3) is 3.31. The van der Waals surface area contributed by atoms with Gasteiger partial charge in [0.25, 0.3) is 0 Å². The number of nitrogens with one attached hydrogen (secondary N) is 1. The number of nitrogens with zero attached hydrogens (tertiary/aromatic N) is 3. The van der Waals surface area contributed by atoms with Gasteiger partial charge in [-0.2, -0.15) is 9.40 Å². The SMILES string of the molecule is NC(=O)CN1CCCN(S(=O)(=O)c2cn[nH]c2)CC1. The molecule has 19 heavy (non-hydrogen) atoms. The van der Waals surface area contributed by atoms with E-state index < -0.39 is 15.9 Å². The summed E-state index contributed by atoms with van der Waals surface area (Å²) in [4.78, 5) is 12.9. The third-order valence-corrected chi connectivity index (χ3v) is 4.90. The molecule has 0 aliphatic carbocycles. The molecule has 0 aromatic carbocycles. The molecule has 1 saturated heterocycles. The molecule has 0 unspecified atom stereocenters. The van der Waals surface area contributed by atoms with Crippen LogP contribution in [0.3, 0.4) is 0 Å². The van der Waals surface area contributed by atoms with E-state index in [0.717, 1.165) is 0 Å². The Morgan fingerprint density at radius 2 is 2.16 bits per heavy atom. The molecule has 1 amide bonds. The van der Waals surface area contributed by atoms with Crippen LogP contribution in [-0.2, 0) is 14.8 Å². The number of H-pyrrole nitrogens is 1. The maximum absolute atomic E-state index is 12.3. The molecule has 0 saturated carbocycles. The van der Waals surface area contributed by atoms with Gasteiger partial charge in [-0.1, -0.05) is 0 Å². The minimum atomic E-state index is -3.50. The molecule has 1 aromatic heterocycles. The first-order chi connectivity index (χ1) is 9.00. The number of aromatic amines is 1. The molecule has 1 aromatic rings. The Kier molecular flexibility index (Phi) is 4.17. The van der Waals surface area contributed by atoms with Crippen molar-refractivity contribution in [1.82, 2.24) is 19.4 Å². The molecular formula is C10H17N5O3S. The second-order valence-electron chi connectivity index (χ2n) is 4.43. The van der Waals surface area contributed by atoms with Crippen LogP contribution in [0, 0.1) is 0 Å². The zero-order chi connectivity index (χ0) is 13.9. The normalized spacial score (nSPS) is 19.2. The maximum atomic E-state index is 12.3. The van der Waals surface area contributed by atoms with Crippen LogP contribution >= 0.6 is 0 Å². The van der Waals surface area contributed by atoms with E-state index in [0.29, 0.717) is 32.6 Å². The number of hydrogen-bond acceptors (Lipinski definition) is 5. The Morgan fingerprint density at radius 1 is 1.37 bits per heavy atom. The number of carbonyl (C=O) groups excluding carboxylic acids is 1. The van der Waals surface area contributed by atoms with Crippen molar-refractivity contribution in [2.45, 2.75) is 11.3 Å². The number of aromatic nitrogens is 2. The zero-order valence-electron chi connectivity index (χ0n) is 10.4. The van der Waals surface area contributed by atoms with Gasteiger partial charge in [0.15, 0.2) is 0 Å². The number of rotatable bonds is 4. The standard InChI is InChI=1S/C10H17N5O3S/c11-10(16)8-14-2-1-3-15(5-4-14)19(17,18)9-6-12-13-7-9/h6-7H,1-5,8H2,(H2,11,16)(H,12,13). The lowest BCUT2D eigenvalue weighted by atomic mass is 10.4. The van der Waals surface area contributed by atoms with Crippen molar-refractivity contribution in [2.75, 3.05) is 32.7 Å². The minimum absolute atomic E-state index is 0.163. The predicted molar refractivity (Wildman–Crippen MR) is 67.6 cm³/mol.